The molecule has 32 heavy (non-hydrogen) atoms. The number of hydrogen-bond acceptors (Lipinski definition) is 6. The average molecular weight is 479 g/mol. The maximum Gasteiger partial charge on any atom is 0.220 e. The second-order valence-electron chi connectivity index (χ2n) is 8.13. The molecule has 1 aliphatic heterocycles. The van der Waals surface area contributed by atoms with Gasteiger partial charge < -0.3 is 20.1 Å². The Hall–Kier alpha value is -1.93. The largest absolute Gasteiger partial charge is 0.497 e. The monoisotopic (exact) mass is 478 g/mol. The Labute approximate surface area is 198 Å². The van der Waals surface area contributed by atoms with Crippen molar-refractivity contribution in [2.75, 3.05) is 26.7 Å². The fraction of sp³-hybridized carbons (Fsp3) is 0.500. The predicted octanol–water partition coefficient (Wildman–Crippen LogP) is 4.47. The number of aliphatic hydroxyl groups is 1. The van der Waals surface area contributed by atoms with Crippen LogP contribution in [0.5, 0.6) is 5.75 Å². The zero-order valence-corrected chi connectivity index (χ0v) is 20.0. The van der Waals surface area contributed by atoms with Crippen LogP contribution < -0.4 is 10.1 Å². The number of nitrogens with one attached hydrogen (secondary N) is 1. The van der Waals surface area contributed by atoms with E-state index in [9.17, 15) is 14.7 Å². The molecule has 0 bridgehead atoms. The number of carbonyl (C=O) groups excluding carboxylic acids is 2. The van der Waals surface area contributed by atoms with Gasteiger partial charge in [-0.2, -0.15) is 0 Å². The molecule has 8 heteroatoms. The fourth-order valence-corrected chi connectivity index (χ4v) is 5.04. The number of halogens is 1. The van der Waals surface area contributed by atoms with E-state index in [1.54, 1.807) is 37.4 Å². The Kier molecular flexibility index (Phi) is 9.53. The number of methoxy groups -OCH3 is 1. The summed E-state index contributed by atoms with van der Waals surface area (Å²) in [4.78, 5) is 27.9. The van der Waals surface area contributed by atoms with Crippen LogP contribution in [-0.2, 0) is 4.79 Å². The molecule has 1 aromatic heterocycles. The number of hydrogen-bond donors (Lipinski definition) is 2. The maximum absolute atomic E-state index is 12.6. The van der Waals surface area contributed by atoms with E-state index in [4.69, 9.17) is 16.3 Å². The first-order valence-electron chi connectivity index (χ1n) is 11.1. The number of nitrogens with zero attached hydrogens (tertiary/aromatic N) is 1. The lowest BCUT2D eigenvalue weighted by atomic mass is 10.0. The quantitative estimate of drug-likeness (QED) is 0.347. The van der Waals surface area contributed by atoms with Gasteiger partial charge >= 0.3 is 0 Å². The lowest BCUT2D eigenvalue weighted by Crippen LogP contribution is -2.46. The summed E-state index contributed by atoms with van der Waals surface area (Å²) in [6.45, 7) is 2.58. The van der Waals surface area contributed by atoms with Crippen molar-refractivity contribution in [3.63, 3.8) is 0 Å². The summed E-state index contributed by atoms with van der Waals surface area (Å²) in [7, 11) is 1.59. The number of ketones is 1. The first-order valence-corrected chi connectivity index (χ1v) is 12.3. The van der Waals surface area contributed by atoms with E-state index in [-0.39, 0.29) is 11.7 Å². The number of aliphatic hydroxyl groups excluding tert-OH is 1. The zero-order valence-electron chi connectivity index (χ0n) is 18.4. The summed E-state index contributed by atoms with van der Waals surface area (Å²) in [5.41, 5.74) is 0.652. The summed E-state index contributed by atoms with van der Waals surface area (Å²) in [5.74, 6) is 0.673. The van der Waals surface area contributed by atoms with Gasteiger partial charge in [-0.1, -0.05) is 11.6 Å². The highest BCUT2D eigenvalue weighted by Gasteiger charge is 2.27. The van der Waals surface area contributed by atoms with Crippen molar-refractivity contribution >= 4 is 34.6 Å². The molecule has 6 nitrogen and oxygen atoms in total. The van der Waals surface area contributed by atoms with Crippen molar-refractivity contribution in [3.8, 4) is 5.75 Å². The molecule has 2 N–H and O–H groups in total. The van der Waals surface area contributed by atoms with E-state index in [2.05, 4.69) is 10.2 Å². The minimum atomic E-state index is -0.798. The van der Waals surface area contributed by atoms with Crippen LogP contribution in [0.2, 0.25) is 4.34 Å². The van der Waals surface area contributed by atoms with Crippen LogP contribution in [0.4, 0.5) is 0 Å². The molecular weight excluding hydrogens is 448 g/mol. The topological polar surface area (TPSA) is 78.9 Å². The first-order chi connectivity index (χ1) is 15.5. The third kappa shape index (κ3) is 7.30. The average Bonchev–Trinajstić information content (AvgIpc) is 3.47. The lowest BCUT2D eigenvalue weighted by Gasteiger charge is -2.28. The summed E-state index contributed by atoms with van der Waals surface area (Å²) in [6.07, 6.45) is 3.46. The molecular formula is C24H31ClN2O4S. The van der Waals surface area contributed by atoms with Crippen LogP contribution in [0.1, 0.15) is 59.9 Å². The van der Waals surface area contributed by atoms with Gasteiger partial charge in [0.15, 0.2) is 5.78 Å². The number of unbranched alkanes of at least 4 members (excludes halogenated alkanes) is 1. The van der Waals surface area contributed by atoms with Crippen LogP contribution in [0.15, 0.2) is 36.4 Å². The highest BCUT2D eigenvalue weighted by molar-refractivity contribution is 7.16. The molecule has 1 saturated heterocycles. The van der Waals surface area contributed by atoms with E-state index < -0.39 is 12.1 Å². The summed E-state index contributed by atoms with van der Waals surface area (Å²) in [5, 5.41) is 13.9. The molecule has 0 aliphatic carbocycles. The summed E-state index contributed by atoms with van der Waals surface area (Å²) < 4.78 is 5.73. The van der Waals surface area contributed by atoms with Gasteiger partial charge in [0.25, 0.3) is 0 Å². The van der Waals surface area contributed by atoms with Crippen molar-refractivity contribution in [1.29, 1.82) is 0 Å². The lowest BCUT2D eigenvalue weighted by molar-refractivity contribution is -0.123. The van der Waals surface area contributed by atoms with E-state index in [1.807, 2.05) is 6.07 Å². The Morgan fingerprint density at radius 2 is 1.81 bits per heavy atom. The van der Waals surface area contributed by atoms with Crippen molar-refractivity contribution in [2.45, 2.75) is 50.7 Å². The number of rotatable bonds is 12. The number of ether oxygens (including phenoxy) is 1. The van der Waals surface area contributed by atoms with Gasteiger partial charge in [0, 0.05) is 29.8 Å². The first kappa shape index (κ1) is 24.7. The van der Waals surface area contributed by atoms with Gasteiger partial charge in [-0.15, -0.1) is 11.3 Å². The third-order valence-corrected chi connectivity index (χ3v) is 7.04. The molecule has 2 aromatic rings. The van der Waals surface area contributed by atoms with Crippen LogP contribution in [0.3, 0.4) is 0 Å². The van der Waals surface area contributed by atoms with E-state index in [0.29, 0.717) is 47.9 Å². The van der Waals surface area contributed by atoms with Crippen LogP contribution >= 0.6 is 22.9 Å². The molecule has 0 spiro atoms. The standard InChI is InChI=1S/C24H31ClN2O4S/c1-31-18-10-8-17(9-11-18)20(28)6-2-3-7-23(29)26-19(16-27-14-4-5-15-27)24(30)21-12-13-22(25)32-21/h8-13,19,24,30H,2-7,14-16H2,1H3,(H,26,29)/t19-,24+/m1/s1. The van der Waals surface area contributed by atoms with Crippen molar-refractivity contribution in [1.82, 2.24) is 10.2 Å². The number of likely N-dealkylation sites (tertiary alicyclic amines) is 1. The third-order valence-electron chi connectivity index (χ3n) is 5.74. The number of benzene rings is 1. The molecule has 174 valence electrons. The van der Waals surface area contributed by atoms with E-state index >= 15 is 0 Å². The van der Waals surface area contributed by atoms with E-state index in [1.165, 1.54) is 11.3 Å². The molecule has 3 rings (SSSR count). The molecule has 0 radical (unpaired) electrons. The fourth-order valence-electron chi connectivity index (χ4n) is 3.92. The predicted molar refractivity (Wildman–Crippen MR) is 128 cm³/mol. The highest BCUT2D eigenvalue weighted by Crippen LogP contribution is 2.29. The van der Waals surface area contributed by atoms with Crippen molar-refractivity contribution < 1.29 is 19.4 Å². The number of thiophene rings is 1. The summed E-state index contributed by atoms with van der Waals surface area (Å²) >= 11 is 7.36. The molecule has 1 amide bonds. The van der Waals surface area contributed by atoms with Gasteiger partial charge in [0.2, 0.25) is 5.91 Å². The Balaban J connectivity index is 1.46. The minimum absolute atomic E-state index is 0.0602. The van der Waals surface area contributed by atoms with Gasteiger partial charge in [0.05, 0.1) is 17.5 Å². The molecule has 0 saturated carbocycles. The number of carbonyl (C=O) groups is 2. The Bertz CT molecular complexity index is 880. The minimum Gasteiger partial charge on any atom is -0.497 e. The normalized spacial score (nSPS) is 16.0. The molecule has 1 aliphatic rings. The maximum atomic E-state index is 12.6. The number of Topliss-reactive ketones (excluding diaryl/α,β-unsaturated/α-hetero) is 1. The van der Waals surface area contributed by atoms with Crippen LogP contribution in [0, 0.1) is 0 Å². The smallest absolute Gasteiger partial charge is 0.220 e. The molecule has 2 atom stereocenters. The van der Waals surface area contributed by atoms with Gasteiger partial charge in [0.1, 0.15) is 11.9 Å². The van der Waals surface area contributed by atoms with Crippen LogP contribution in [-0.4, -0.2) is 54.5 Å². The SMILES string of the molecule is COc1ccc(C(=O)CCCCC(=O)N[C@H](CN2CCCC2)[C@H](O)c2ccc(Cl)s2)cc1. The molecule has 1 aromatic carbocycles. The van der Waals surface area contributed by atoms with Gasteiger partial charge in [-0.25, -0.2) is 0 Å². The second-order valence-corrected chi connectivity index (χ2v) is 9.87. The molecule has 1 fully saturated rings. The van der Waals surface area contributed by atoms with Crippen molar-refractivity contribution in [2.24, 2.45) is 0 Å². The van der Waals surface area contributed by atoms with Crippen LogP contribution in [0.25, 0.3) is 0 Å². The van der Waals surface area contributed by atoms with E-state index in [0.717, 1.165) is 30.8 Å². The summed E-state index contributed by atoms with van der Waals surface area (Å²) in [6, 6.07) is 10.2. The van der Waals surface area contributed by atoms with Gasteiger partial charge in [-0.3, -0.25) is 9.59 Å². The highest BCUT2D eigenvalue weighted by atomic mass is 35.5. The molecule has 2 heterocycles. The Morgan fingerprint density at radius 1 is 1.12 bits per heavy atom. The second kappa shape index (κ2) is 12.3. The van der Waals surface area contributed by atoms with Gasteiger partial charge in [-0.05, 0) is 75.2 Å². The zero-order chi connectivity index (χ0) is 22.9. The Morgan fingerprint density at radius 3 is 2.44 bits per heavy atom. The van der Waals surface area contributed by atoms with Crippen molar-refractivity contribution in [3.05, 3.63) is 51.2 Å². The molecule has 0 unspecified atom stereocenters. The number of amides is 1.